The van der Waals surface area contributed by atoms with Gasteiger partial charge in [0.25, 0.3) is 5.91 Å². The predicted octanol–water partition coefficient (Wildman–Crippen LogP) is 5.57. The molecule has 0 radical (unpaired) electrons. The van der Waals surface area contributed by atoms with E-state index in [4.69, 9.17) is 11.6 Å². The smallest absolute Gasteiger partial charge is 0.258 e. The van der Waals surface area contributed by atoms with Gasteiger partial charge >= 0.3 is 0 Å². The Kier molecular flexibility index (Phi) is 6.09. The van der Waals surface area contributed by atoms with Gasteiger partial charge in [0.05, 0.1) is 16.3 Å². The highest BCUT2D eigenvalue weighted by Crippen LogP contribution is 2.27. The SMILES string of the molecule is CCC(=O)c1cc(NC(=O)c2cc(-c3ncccc3F)ccc2Cl)n(-c2ccccc2)n1. The van der Waals surface area contributed by atoms with Crippen molar-refractivity contribution in [2.24, 2.45) is 0 Å². The molecule has 0 aliphatic carbocycles. The molecule has 2 aromatic carbocycles. The fourth-order valence-electron chi connectivity index (χ4n) is 3.18. The Morgan fingerprint density at radius 2 is 1.84 bits per heavy atom. The first-order chi connectivity index (χ1) is 15.5. The summed E-state index contributed by atoms with van der Waals surface area (Å²) in [7, 11) is 0. The third-order valence-corrected chi connectivity index (χ3v) is 5.13. The first-order valence-electron chi connectivity index (χ1n) is 9.88. The number of carbonyl (C=O) groups is 2. The summed E-state index contributed by atoms with van der Waals surface area (Å²) in [6.07, 6.45) is 1.75. The number of carbonyl (C=O) groups excluding carboxylic acids is 2. The molecule has 0 aliphatic rings. The molecule has 0 spiro atoms. The fourth-order valence-corrected chi connectivity index (χ4v) is 3.39. The average molecular weight is 449 g/mol. The van der Waals surface area contributed by atoms with Crippen LogP contribution in [0.15, 0.2) is 72.9 Å². The van der Waals surface area contributed by atoms with E-state index in [9.17, 15) is 14.0 Å². The molecule has 32 heavy (non-hydrogen) atoms. The number of rotatable bonds is 6. The Morgan fingerprint density at radius 3 is 2.56 bits per heavy atom. The van der Waals surface area contributed by atoms with Crippen LogP contribution in [0.2, 0.25) is 5.02 Å². The van der Waals surface area contributed by atoms with Crippen molar-refractivity contribution in [2.45, 2.75) is 13.3 Å². The Morgan fingerprint density at radius 1 is 1.06 bits per heavy atom. The first kappa shape index (κ1) is 21.4. The van der Waals surface area contributed by atoms with Gasteiger partial charge in [-0.15, -0.1) is 0 Å². The van der Waals surface area contributed by atoms with E-state index in [1.165, 1.54) is 41.2 Å². The summed E-state index contributed by atoms with van der Waals surface area (Å²) in [6, 6.07) is 18.0. The van der Waals surface area contributed by atoms with E-state index in [1.807, 2.05) is 18.2 Å². The van der Waals surface area contributed by atoms with Gasteiger partial charge in [0.15, 0.2) is 5.78 Å². The summed E-state index contributed by atoms with van der Waals surface area (Å²) in [4.78, 5) is 29.3. The zero-order valence-electron chi connectivity index (χ0n) is 17.0. The summed E-state index contributed by atoms with van der Waals surface area (Å²) < 4.78 is 15.7. The third-order valence-electron chi connectivity index (χ3n) is 4.80. The summed E-state index contributed by atoms with van der Waals surface area (Å²) >= 11 is 6.27. The molecule has 2 heterocycles. The van der Waals surface area contributed by atoms with Gasteiger partial charge in [-0.25, -0.2) is 9.07 Å². The quantitative estimate of drug-likeness (QED) is 0.391. The molecule has 2 aromatic heterocycles. The van der Waals surface area contributed by atoms with Gasteiger partial charge < -0.3 is 5.32 Å². The van der Waals surface area contributed by atoms with Crippen molar-refractivity contribution < 1.29 is 14.0 Å². The van der Waals surface area contributed by atoms with Crippen molar-refractivity contribution in [3.63, 3.8) is 0 Å². The lowest BCUT2D eigenvalue weighted by Crippen LogP contribution is -2.15. The van der Waals surface area contributed by atoms with Crippen LogP contribution in [0.3, 0.4) is 0 Å². The zero-order chi connectivity index (χ0) is 22.7. The molecule has 4 rings (SSSR count). The number of nitrogens with zero attached hydrogens (tertiary/aromatic N) is 3. The minimum absolute atomic E-state index is 0.114. The van der Waals surface area contributed by atoms with Crippen LogP contribution in [0.5, 0.6) is 0 Å². The Labute approximate surface area is 188 Å². The van der Waals surface area contributed by atoms with E-state index >= 15 is 0 Å². The number of ketones is 1. The van der Waals surface area contributed by atoms with Crippen LogP contribution in [-0.4, -0.2) is 26.5 Å². The predicted molar refractivity (Wildman–Crippen MR) is 121 cm³/mol. The van der Waals surface area contributed by atoms with Gasteiger partial charge in [-0.3, -0.25) is 14.6 Å². The molecule has 0 atom stereocenters. The van der Waals surface area contributed by atoms with Crippen LogP contribution < -0.4 is 5.32 Å². The van der Waals surface area contributed by atoms with E-state index in [2.05, 4.69) is 15.4 Å². The largest absolute Gasteiger partial charge is 0.306 e. The van der Waals surface area contributed by atoms with E-state index in [-0.39, 0.29) is 34.2 Å². The van der Waals surface area contributed by atoms with Crippen LogP contribution in [0.25, 0.3) is 16.9 Å². The molecule has 1 amide bonds. The summed E-state index contributed by atoms with van der Waals surface area (Å²) in [5.41, 5.74) is 1.58. The van der Waals surface area contributed by atoms with Crippen molar-refractivity contribution >= 4 is 29.1 Å². The normalized spacial score (nSPS) is 10.7. The number of pyridine rings is 1. The van der Waals surface area contributed by atoms with Crippen molar-refractivity contribution in [3.05, 3.63) is 95.0 Å². The number of benzene rings is 2. The zero-order valence-corrected chi connectivity index (χ0v) is 17.8. The van der Waals surface area contributed by atoms with E-state index in [1.54, 1.807) is 25.1 Å². The second-order valence-electron chi connectivity index (χ2n) is 6.92. The van der Waals surface area contributed by atoms with E-state index < -0.39 is 11.7 Å². The van der Waals surface area contributed by atoms with Crippen LogP contribution in [0.4, 0.5) is 10.2 Å². The van der Waals surface area contributed by atoms with Gasteiger partial charge in [0, 0.05) is 24.2 Å². The standard InChI is InChI=1S/C24H18ClFN4O2/c1-2-21(31)20-14-22(30(29-20)16-7-4-3-5-8-16)28-24(32)17-13-15(10-11-18(17)25)23-19(26)9-6-12-27-23/h3-14H,2H2,1H3,(H,28,32). The van der Waals surface area contributed by atoms with Crippen molar-refractivity contribution in [1.82, 2.24) is 14.8 Å². The highest BCUT2D eigenvalue weighted by Gasteiger charge is 2.19. The molecular weight excluding hydrogens is 431 g/mol. The molecule has 6 nitrogen and oxygen atoms in total. The van der Waals surface area contributed by atoms with Gasteiger partial charge in [-0.05, 0) is 36.4 Å². The van der Waals surface area contributed by atoms with Crippen molar-refractivity contribution in [3.8, 4) is 16.9 Å². The summed E-state index contributed by atoms with van der Waals surface area (Å²) in [5, 5.41) is 7.32. The molecule has 8 heteroatoms. The Bertz CT molecular complexity index is 1300. The highest BCUT2D eigenvalue weighted by molar-refractivity contribution is 6.34. The number of hydrogen-bond acceptors (Lipinski definition) is 4. The van der Waals surface area contributed by atoms with Gasteiger partial charge in [0.2, 0.25) is 0 Å². The molecule has 0 saturated carbocycles. The molecule has 4 aromatic rings. The summed E-state index contributed by atoms with van der Waals surface area (Å²) in [6.45, 7) is 1.74. The van der Waals surface area contributed by atoms with Crippen LogP contribution in [0, 0.1) is 5.82 Å². The monoisotopic (exact) mass is 448 g/mol. The molecule has 0 aliphatic heterocycles. The van der Waals surface area contributed by atoms with Crippen molar-refractivity contribution in [2.75, 3.05) is 5.32 Å². The molecular formula is C24H18ClFN4O2. The minimum atomic E-state index is -0.527. The first-order valence-corrected chi connectivity index (χ1v) is 10.3. The number of nitrogens with one attached hydrogen (secondary N) is 1. The number of halogens is 2. The molecule has 0 bridgehead atoms. The maximum Gasteiger partial charge on any atom is 0.258 e. The molecule has 0 fully saturated rings. The fraction of sp³-hybridized carbons (Fsp3) is 0.0833. The number of hydrogen-bond donors (Lipinski definition) is 1. The lowest BCUT2D eigenvalue weighted by atomic mass is 10.1. The van der Waals surface area contributed by atoms with Gasteiger partial charge in [-0.1, -0.05) is 42.8 Å². The minimum Gasteiger partial charge on any atom is -0.306 e. The third kappa shape index (κ3) is 4.29. The van der Waals surface area contributed by atoms with Crippen LogP contribution in [0.1, 0.15) is 34.2 Å². The highest BCUT2D eigenvalue weighted by atomic mass is 35.5. The number of amides is 1. The lowest BCUT2D eigenvalue weighted by molar-refractivity contribution is 0.0981. The maximum absolute atomic E-state index is 14.2. The maximum atomic E-state index is 14.2. The average Bonchev–Trinajstić information content (AvgIpc) is 3.23. The Hall–Kier alpha value is -3.84. The summed E-state index contributed by atoms with van der Waals surface area (Å²) in [5.74, 6) is -0.879. The van der Waals surface area contributed by atoms with Crippen molar-refractivity contribution in [1.29, 1.82) is 0 Å². The molecule has 0 saturated heterocycles. The number of anilines is 1. The van der Waals surface area contributed by atoms with Crippen LogP contribution >= 0.6 is 11.6 Å². The Balaban J connectivity index is 1.72. The van der Waals surface area contributed by atoms with Gasteiger partial charge in [-0.2, -0.15) is 5.10 Å². The van der Waals surface area contributed by atoms with Crippen LogP contribution in [-0.2, 0) is 0 Å². The second-order valence-corrected chi connectivity index (χ2v) is 7.33. The van der Waals surface area contributed by atoms with Gasteiger partial charge in [0.1, 0.15) is 23.0 Å². The molecule has 1 N–H and O–H groups in total. The lowest BCUT2D eigenvalue weighted by Gasteiger charge is -2.11. The number of para-hydroxylation sites is 1. The number of Topliss-reactive ketones (excluding diaryl/α,β-unsaturated/α-hetero) is 1. The molecule has 160 valence electrons. The second kappa shape index (κ2) is 9.11. The topological polar surface area (TPSA) is 76.9 Å². The molecule has 0 unspecified atom stereocenters. The van der Waals surface area contributed by atoms with E-state index in [0.717, 1.165) is 0 Å². The van der Waals surface area contributed by atoms with E-state index in [0.29, 0.717) is 17.1 Å². The number of aromatic nitrogens is 3.